The van der Waals surface area contributed by atoms with Gasteiger partial charge < -0.3 is 15.6 Å². The topological polar surface area (TPSA) is 72.5 Å². The number of benzene rings is 1. The minimum Gasteiger partial charge on any atom is -0.492 e. The number of hydrogen-bond acceptors (Lipinski definition) is 3. The molecule has 4 nitrogen and oxygen atoms in total. The highest BCUT2D eigenvalue weighted by atomic mass is 16.5. The van der Waals surface area contributed by atoms with Gasteiger partial charge in [0.1, 0.15) is 5.75 Å². The summed E-state index contributed by atoms with van der Waals surface area (Å²) in [6.07, 6.45) is 0.00323. The minimum atomic E-state index is -0.860. The van der Waals surface area contributed by atoms with Crippen LogP contribution >= 0.6 is 0 Å². The molecule has 0 heterocycles. The SMILES string of the molecule is Cc1cc(N)cc(C)c1OCCC(=O)O. The van der Waals surface area contributed by atoms with E-state index in [1.54, 1.807) is 0 Å². The van der Waals surface area contributed by atoms with E-state index < -0.39 is 5.97 Å². The highest BCUT2D eigenvalue weighted by Crippen LogP contribution is 2.25. The van der Waals surface area contributed by atoms with Crippen LogP contribution in [0, 0.1) is 13.8 Å². The van der Waals surface area contributed by atoms with Gasteiger partial charge in [0.05, 0.1) is 13.0 Å². The van der Waals surface area contributed by atoms with Crippen LogP contribution in [0.25, 0.3) is 0 Å². The number of anilines is 1. The van der Waals surface area contributed by atoms with Crippen LogP contribution in [0.4, 0.5) is 5.69 Å². The average Bonchev–Trinajstić information content (AvgIpc) is 2.08. The van der Waals surface area contributed by atoms with Crippen molar-refractivity contribution in [3.63, 3.8) is 0 Å². The first-order valence-electron chi connectivity index (χ1n) is 4.72. The van der Waals surface area contributed by atoms with Gasteiger partial charge in [-0.3, -0.25) is 4.79 Å². The Balaban J connectivity index is 2.72. The van der Waals surface area contributed by atoms with E-state index in [1.165, 1.54) is 0 Å². The van der Waals surface area contributed by atoms with Gasteiger partial charge >= 0.3 is 5.97 Å². The van der Waals surface area contributed by atoms with Crippen molar-refractivity contribution in [2.45, 2.75) is 20.3 Å². The molecule has 15 heavy (non-hydrogen) atoms. The smallest absolute Gasteiger partial charge is 0.306 e. The van der Waals surface area contributed by atoms with Gasteiger partial charge in [-0.1, -0.05) is 0 Å². The van der Waals surface area contributed by atoms with Gasteiger partial charge in [0.2, 0.25) is 0 Å². The molecule has 1 aromatic carbocycles. The molecule has 0 bridgehead atoms. The first kappa shape index (κ1) is 11.4. The highest BCUT2D eigenvalue weighted by Gasteiger charge is 2.06. The largest absolute Gasteiger partial charge is 0.492 e. The Bertz CT molecular complexity index is 351. The van der Waals surface area contributed by atoms with E-state index in [0.29, 0.717) is 5.69 Å². The Kier molecular flexibility index (Phi) is 3.55. The Labute approximate surface area is 88.7 Å². The highest BCUT2D eigenvalue weighted by molar-refractivity contribution is 5.66. The van der Waals surface area contributed by atoms with Crippen LogP contribution in [0.5, 0.6) is 5.75 Å². The van der Waals surface area contributed by atoms with Crippen LogP contribution in [-0.4, -0.2) is 17.7 Å². The zero-order chi connectivity index (χ0) is 11.4. The van der Waals surface area contributed by atoms with Gasteiger partial charge in [-0.2, -0.15) is 0 Å². The molecule has 82 valence electrons. The molecule has 0 aliphatic heterocycles. The van der Waals surface area contributed by atoms with E-state index in [9.17, 15) is 4.79 Å². The summed E-state index contributed by atoms with van der Waals surface area (Å²) in [6.45, 7) is 3.96. The molecule has 0 spiro atoms. The van der Waals surface area contributed by atoms with E-state index >= 15 is 0 Å². The summed E-state index contributed by atoms with van der Waals surface area (Å²) in [5, 5.41) is 8.47. The average molecular weight is 209 g/mol. The number of carboxylic acid groups (broad SMARTS) is 1. The fourth-order valence-corrected chi connectivity index (χ4v) is 1.45. The molecule has 0 aliphatic rings. The molecule has 0 atom stereocenters. The van der Waals surface area contributed by atoms with Crippen molar-refractivity contribution in [3.05, 3.63) is 23.3 Å². The van der Waals surface area contributed by atoms with Crippen molar-refractivity contribution in [2.75, 3.05) is 12.3 Å². The summed E-state index contributed by atoms with van der Waals surface area (Å²) in [4.78, 5) is 10.3. The lowest BCUT2D eigenvalue weighted by atomic mass is 10.1. The monoisotopic (exact) mass is 209 g/mol. The van der Waals surface area contributed by atoms with Crippen molar-refractivity contribution < 1.29 is 14.6 Å². The molecule has 0 unspecified atom stereocenters. The quantitative estimate of drug-likeness (QED) is 0.741. The van der Waals surface area contributed by atoms with Crippen molar-refractivity contribution in [3.8, 4) is 5.75 Å². The number of nitrogens with two attached hydrogens (primary N) is 1. The molecular formula is C11H15NO3. The van der Waals surface area contributed by atoms with Crippen molar-refractivity contribution in [1.29, 1.82) is 0 Å². The van der Waals surface area contributed by atoms with E-state index in [2.05, 4.69) is 0 Å². The van der Waals surface area contributed by atoms with Crippen LogP contribution in [0.15, 0.2) is 12.1 Å². The molecular weight excluding hydrogens is 194 g/mol. The number of aliphatic carboxylic acids is 1. The third-order valence-corrected chi connectivity index (χ3v) is 2.04. The van der Waals surface area contributed by atoms with Crippen LogP contribution in [0.3, 0.4) is 0 Å². The van der Waals surface area contributed by atoms with Gasteiger partial charge in [-0.15, -0.1) is 0 Å². The zero-order valence-corrected chi connectivity index (χ0v) is 8.91. The second-order valence-corrected chi connectivity index (χ2v) is 3.48. The lowest BCUT2D eigenvalue weighted by Gasteiger charge is -2.11. The standard InChI is InChI=1S/C11H15NO3/c1-7-5-9(12)6-8(2)11(7)15-4-3-10(13)14/h5-6H,3-4,12H2,1-2H3,(H,13,14). The Hall–Kier alpha value is -1.71. The summed E-state index contributed by atoms with van der Waals surface area (Å²) < 4.78 is 5.40. The molecule has 0 aromatic heterocycles. The predicted molar refractivity (Wildman–Crippen MR) is 58.1 cm³/mol. The number of rotatable bonds is 4. The summed E-state index contributed by atoms with van der Waals surface area (Å²) in [6, 6.07) is 3.62. The molecule has 0 saturated carbocycles. The Morgan fingerprint density at radius 1 is 1.40 bits per heavy atom. The van der Waals surface area contributed by atoms with Crippen LogP contribution in [0.1, 0.15) is 17.5 Å². The number of carboxylic acids is 1. The second kappa shape index (κ2) is 4.68. The van der Waals surface area contributed by atoms with Gasteiger partial charge in [0, 0.05) is 5.69 Å². The van der Waals surface area contributed by atoms with Gasteiger partial charge in [0.15, 0.2) is 0 Å². The number of nitrogen functional groups attached to an aromatic ring is 1. The fourth-order valence-electron chi connectivity index (χ4n) is 1.45. The van der Waals surface area contributed by atoms with Crippen molar-refractivity contribution >= 4 is 11.7 Å². The zero-order valence-electron chi connectivity index (χ0n) is 8.91. The Morgan fingerprint density at radius 2 is 1.93 bits per heavy atom. The molecule has 3 N–H and O–H groups in total. The lowest BCUT2D eigenvalue weighted by Crippen LogP contribution is -2.06. The predicted octanol–water partition coefficient (Wildman–Crippen LogP) is 1.74. The van der Waals surface area contributed by atoms with Gasteiger partial charge in [-0.05, 0) is 37.1 Å². The number of carbonyl (C=O) groups is 1. The normalized spacial score (nSPS) is 10.0. The molecule has 4 heteroatoms. The van der Waals surface area contributed by atoms with E-state index in [0.717, 1.165) is 16.9 Å². The first-order valence-corrected chi connectivity index (χ1v) is 4.72. The number of hydrogen-bond donors (Lipinski definition) is 2. The Morgan fingerprint density at radius 3 is 2.40 bits per heavy atom. The minimum absolute atomic E-state index is 0.00323. The summed E-state index contributed by atoms with van der Waals surface area (Å²) in [5.74, 6) is -0.133. The molecule has 0 saturated heterocycles. The first-order chi connectivity index (χ1) is 7.00. The maximum atomic E-state index is 10.3. The van der Waals surface area contributed by atoms with Crippen molar-refractivity contribution in [2.24, 2.45) is 0 Å². The van der Waals surface area contributed by atoms with Gasteiger partial charge in [-0.25, -0.2) is 0 Å². The molecule has 0 radical (unpaired) electrons. The lowest BCUT2D eigenvalue weighted by molar-refractivity contribution is -0.137. The number of aryl methyl sites for hydroxylation is 2. The van der Waals surface area contributed by atoms with Crippen LogP contribution in [-0.2, 0) is 4.79 Å². The summed E-state index contributed by atoms with van der Waals surface area (Å²) in [5.41, 5.74) is 8.20. The van der Waals surface area contributed by atoms with E-state index in [1.807, 2.05) is 26.0 Å². The van der Waals surface area contributed by atoms with Crippen LogP contribution < -0.4 is 10.5 Å². The molecule has 0 aliphatic carbocycles. The van der Waals surface area contributed by atoms with E-state index in [4.69, 9.17) is 15.6 Å². The molecule has 1 rings (SSSR count). The fraction of sp³-hybridized carbons (Fsp3) is 0.364. The summed E-state index contributed by atoms with van der Waals surface area (Å²) >= 11 is 0. The number of ether oxygens (including phenoxy) is 1. The van der Waals surface area contributed by atoms with Gasteiger partial charge in [0.25, 0.3) is 0 Å². The van der Waals surface area contributed by atoms with Crippen LogP contribution in [0.2, 0.25) is 0 Å². The molecule has 1 aromatic rings. The maximum absolute atomic E-state index is 10.3. The third-order valence-electron chi connectivity index (χ3n) is 2.04. The second-order valence-electron chi connectivity index (χ2n) is 3.48. The van der Waals surface area contributed by atoms with Crippen molar-refractivity contribution in [1.82, 2.24) is 0 Å². The third kappa shape index (κ3) is 3.16. The van der Waals surface area contributed by atoms with E-state index in [-0.39, 0.29) is 13.0 Å². The molecule has 0 fully saturated rings. The maximum Gasteiger partial charge on any atom is 0.306 e. The molecule has 0 amide bonds. The summed E-state index contributed by atoms with van der Waals surface area (Å²) in [7, 11) is 0.